The molecule has 1 saturated carbocycles. The molecular weight excluding hydrogens is 274 g/mol. The minimum absolute atomic E-state index is 0.119. The second-order valence-electron chi connectivity index (χ2n) is 5.89. The highest BCUT2D eigenvalue weighted by molar-refractivity contribution is 5.92. The van der Waals surface area contributed by atoms with Crippen molar-refractivity contribution in [2.24, 2.45) is 5.92 Å². The van der Waals surface area contributed by atoms with E-state index < -0.39 is 0 Å². The number of pyridine rings is 1. The van der Waals surface area contributed by atoms with Gasteiger partial charge in [0.1, 0.15) is 5.82 Å². The van der Waals surface area contributed by atoms with Crippen LogP contribution in [0.15, 0.2) is 42.6 Å². The Hall–Kier alpha value is -2.36. The fraction of sp³-hybridized carbons (Fsp3) is 0.333. The number of carbonyl (C=O) groups excluding carboxylic acids is 1. The van der Waals surface area contributed by atoms with Gasteiger partial charge in [0, 0.05) is 12.5 Å². The Kier molecular flexibility index (Phi) is 4.37. The standard InChI is InChI=1S/C18H21N3O/c1-13-4-2-5-14(10-13)11-19-17-9-8-16(12-20-17)21-18(22)15-6-3-7-15/h2,4-5,8-10,12,15H,3,6-7,11H2,1H3,(H,19,20)(H,21,22). The maximum Gasteiger partial charge on any atom is 0.227 e. The van der Waals surface area contributed by atoms with E-state index in [2.05, 4.69) is 46.8 Å². The molecule has 3 rings (SSSR count). The van der Waals surface area contributed by atoms with Gasteiger partial charge in [-0.15, -0.1) is 0 Å². The molecule has 0 spiro atoms. The molecule has 1 aromatic heterocycles. The summed E-state index contributed by atoms with van der Waals surface area (Å²) in [5.74, 6) is 1.12. The highest BCUT2D eigenvalue weighted by atomic mass is 16.1. The molecule has 4 nitrogen and oxygen atoms in total. The number of anilines is 2. The number of benzene rings is 1. The molecule has 2 N–H and O–H groups in total. The first kappa shape index (κ1) is 14.6. The van der Waals surface area contributed by atoms with Gasteiger partial charge in [0.25, 0.3) is 0 Å². The third kappa shape index (κ3) is 3.64. The molecule has 1 fully saturated rings. The quantitative estimate of drug-likeness (QED) is 0.883. The summed E-state index contributed by atoms with van der Waals surface area (Å²) in [4.78, 5) is 16.2. The summed E-state index contributed by atoms with van der Waals surface area (Å²) in [6, 6.07) is 12.2. The van der Waals surface area contributed by atoms with E-state index in [1.165, 1.54) is 11.1 Å². The monoisotopic (exact) mass is 295 g/mol. The molecule has 1 aliphatic rings. The summed E-state index contributed by atoms with van der Waals surface area (Å²) in [7, 11) is 0. The van der Waals surface area contributed by atoms with Crippen LogP contribution in [0.4, 0.5) is 11.5 Å². The van der Waals surface area contributed by atoms with Crippen LogP contribution >= 0.6 is 0 Å². The molecule has 0 unspecified atom stereocenters. The van der Waals surface area contributed by atoms with Crippen molar-refractivity contribution in [1.82, 2.24) is 4.98 Å². The molecule has 1 aromatic carbocycles. The summed E-state index contributed by atoms with van der Waals surface area (Å²) in [6.07, 6.45) is 4.89. The van der Waals surface area contributed by atoms with Crippen LogP contribution in [0.1, 0.15) is 30.4 Å². The maximum absolute atomic E-state index is 11.9. The van der Waals surface area contributed by atoms with E-state index in [4.69, 9.17) is 0 Å². The lowest BCUT2D eigenvalue weighted by molar-refractivity contribution is -0.122. The number of amides is 1. The Morgan fingerprint density at radius 2 is 2.14 bits per heavy atom. The van der Waals surface area contributed by atoms with Gasteiger partial charge in [-0.1, -0.05) is 36.2 Å². The van der Waals surface area contributed by atoms with Crippen molar-refractivity contribution >= 4 is 17.4 Å². The summed E-state index contributed by atoms with van der Waals surface area (Å²) >= 11 is 0. The highest BCUT2D eigenvalue weighted by Crippen LogP contribution is 2.27. The van der Waals surface area contributed by atoms with Gasteiger partial charge in [-0.05, 0) is 37.5 Å². The molecule has 22 heavy (non-hydrogen) atoms. The molecule has 0 bridgehead atoms. The number of hydrogen-bond donors (Lipinski definition) is 2. The summed E-state index contributed by atoms with van der Waals surface area (Å²) in [5.41, 5.74) is 3.24. The Balaban J connectivity index is 1.53. The van der Waals surface area contributed by atoms with E-state index in [0.29, 0.717) is 0 Å². The molecule has 1 aliphatic carbocycles. The molecule has 0 radical (unpaired) electrons. The molecule has 2 aromatic rings. The van der Waals surface area contributed by atoms with Gasteiger partial charge in [0.15, 0.2) is 0 Å². The first-order chi connectivity index (χ1) is 10.7. The molecule has 0 aliphatic heterocycles. The van der Waals surface area contributed by atoms with Crippen molar-refractivity contribution in [2.45, 2.75) is 32.7 Å². The van der Waals surface area contributed by atoms with Gasteiger partial charge >= 0.3 is 0 Å². The number of rotatable bonds is 5. The van der Waals surface area contributed by atoms with Gasteiger partial charge in [-0.2, -0.15) is 0 Å². The Morgan fingerprint density at radius 1 is 1.27 bits per heavy atom. The van der Waals surface area contributed by atoms with Crippen LogP contribution in [-0.2, 0) is 11.3 Å². The van der Waals surface area contributed by atoms with Crippen molar-refractivity contribution < 1.29 is 4.79 Å². The van der Waals surface area contributed by atoms with Crippen LogP contribution in [0.2, 0.25) is 0 Å². The van der Waals surface area contributed by atoms with Gasteiger partial charge in [-0.3, -0.25) is 4.79 Å². The minimum Gasteiger partial charge on any atom is -0.366 e. The van der Waals surface area contributed by atoms with E-state index >= 15 is 0 Å². The number of carbonyl (C=O) groups is 1. The second kappa shape index (κ2) is 6.60. The highest BCUT2D eigenvalue weighted by Gasteiger charge is 2.25. The zero-order valence-electron chi connectivity index (χ0n) is 12.8. The van der Waals surface area contributed by atoms with Gasteiger partial charge in [0.2, 0.25) is 5.91 Å². The van der Waals surface area contributed by atoms with Gasteiger partial charge < -0.3 is 10.6 Å². The van der Waals surface area contributed by atoms with E-state index in [1.54, 1.807) is 6.20 Å². The van der Waals surface area contributed by atoms with Crippen molar-refractivity contribution in [2.75, 3.05) is 10.6 Å². The fourth-order valence-corrected chi connectivity index (χ4v) is 2.50. The van der Waals surface area contributed by atoms with Crippen molar-refractivity contribution in [3.63, 3.8) is 0 Å². The molecule has 0 saturated heterocycles. The van der Waals surface area contributed by atoms with Crippen LogP contribution in [0.3, 0.4) is 0 Å². The summed E-state index contributed by atoms with van der Waals surface area (Å²) in [5, 5.41) is 6.21. The third-order valence-electron chi connectivity index (χ3n) is 4.06. The normalized spacial score (nSPS) is 14.2. The van der Waals surface area contributed by atoms with Crippen LogP contribution in [-0.4, -0.2) is 10.9 Å². The number of aryl methyl sites for hydroxylation is 1. The summed E-state index contributed by atoms with van der Waals surface area (Å²) in [6.45, 7) is 2.82. The Morgan fingerprint density at radius 3 is 2.77 bits per heavy atom. The molecule has 1 amide bonds. The largest absolute Gasteiger partial charge is 0.366 e. The smallest absolute Gasteiger partial charge is 0.227 e. The van der Waals surface area contributed by atoms with Crippen molar-refractivity contribution in [3.8, 4) is 0 Å². The maximum atomic E-state index is 11.9. The van der Waals surface area contributed by atoms with Crippen LogP contribution < -0.4 is 10.6 Å². The average Bonchev–Trinajstić information content (AvgIpc) is 2.45. The molecule has 1 heterocycles. The third-order valence-corrected chi connectivity index (χ3v) is 4.06. The Labute approximate surface area is 131 Å². The topological polar surface area (TPSA) is 54.0 Å². The first-order valence-electron chi connectivity index (χ1n) is 7.77. The van der Waals surface area contributed by atoms with Crippen LogP contribution in [0, 0.1) is 12.8 Å². The van der Waals surface area contributed by atoms with E-state index in [0.717, 1.165) is 37.3 Å². The number of nitrogens with one attached hydrogen (secondary N) is 2. The molecular formula is C18H21N3O. The molecule has 114 valence electrons. The lowest BCUT2D eigenvalue weighted by atomic mass is 9.85. The van der Waals surface area contributed by atoms with Crippen LogP contribution in [0.5, 0.6) is 0 Å². The average molecular weight is 295 g/mol. The summed E-state index contributed by atoms with van der Waals surface area (Å²) < 4.78 is 0. The van der Waals surface area contributed by atoms with Crippen molar-refractivity contribution in [3.05, 3.63) is 53.7 Å². The van der Waals surface area contributed by atoms with Gasteiger partial charge in [0.05, 0.1) is 11.9 Å². The zero-order chi connectivity index (χ0) is 15.4. The van der Waals surface area contributed by atoms with E-state index in [1.807, 2.05) is 12.1 Å². The predicted octanol–water partition coefficient (Wildman–Crippen LogP) is 3.74. The number of hydrogen-bond acceptors (Lipinski definition) is 3. The van der Waals surface area contributed by atoms with E-state index in [-0.39, 0.29) is 11.8 Å². The van der Waals surface area contributed by atoms with E-state index in [9.17, 15) is 4.79 Å². The van der Waals surface area contributed by atoms with Crippen LogP contribution in [0.25, 0.3) is 0 Å². The lowest BCUT2D eigenvalue weighted by Crippen LogP contribution is -2.28. The number of nitrogens with zero attached hydrogens (tertiary/aromatic N) is 1. The van der Waals surface area contributed by atoms with Gasteiger partial charge in [-0.25, -0.2) is 4.98 Å². The molecule has 0 atom stereocenters. The number of aromatic nitrogens is 1. The predicted molar refractivity (Wildman–Crippen MR) is 88.7 cm³/mol. The first-order valence-corrected chi connectivity index (χ1v) is 7.77. The lowest BCUT2D eigenvalue weighted by Gasteiger charge is -2.23. The fourth-order valence-electron chi connectivity index (χ4n) is 2.50. The Bertz CT molecular complexity index is 648. The SMILES string of the molecule is Cc1cccc(CNc2ccc(NC(=O)C3CCC3)cn2)c1. The minimum atomic E-state index is 0.119. The van der Waals surface area contributed by atoms with Crippen molar-refractivity contribution in [1.29, 1.82) is 0 Å². The molecule has 4 heteroatoms. The zero-order valence-corrected chi connectivity index (χ0v) is 12.8. The second-order valence-corrected chi connectivity index (χ2v) is 5.89.